The van der Waals surface area contributed by atoms with Gasteiger partial charge in [-0.25, -0.2) is 0 Å². The van der Waals surface area contributed by atoms with E-state index >= 15 is 0 Å². The van der Waals surface area contributed by atoms with Crippen LogP contribution in [0.2, 0.25) is 0 Å². The molecule has 1 N–H and O–H groups in total. The Morgan fingerprint density at radius 1 is 0.903 bits per heavy atom. The van der Waals surface area contributed by atoms with Crippen molar-refractivity contribution in [2.75, 3.05) is 13.1 Å². The zero-order valence-electron chi connectivity index (χ0n) is 18.6. The van der Waals surface area contributed by atoms with E-state index in [4.69, 9.17) is 0 Å². The second-order valence-corrected chi connectivity index (χ2v) is 10.0. The zero-order chi connectivity index (χ0) is 22.4. The number of hydrogen-bond donors (Lipinski definition) is 1. The van der Waals surface area contributed by atoms with E-state index in [-0.39, 0.29) is 17.2 Å². The molecule has 0 atom stereocenters. The van der Waals surface area contributed by atoms with Crippen LogP contribution in [-0.4, -0.2) is 29.8 Å². The molecule has 1 heterocycles. The molecule has 1 fully saturated rings. The summed E-state index contributed by atoms with van der Waals surface area (Å²) in [6.45, 7) is 7.88. The molecule has 0 bridgehead atoms. The molecule has 0 radical (unpaired) electrons. The van der Waals surface area contributed by atoms with Crippen LogP contribution in [0, 0.1) is 0 Å². The number of carbonyl (C=O) groups is 2. The minimum absolute atomic E-state index is 0.0182. The van der Waals surface area contributed by atoms with Crippen molar-refractivity contribution >= 4 is 33.8 Å². The van der Waals surface area contributed by atoms with Crippen molar-refractivity contribution < 1.29 is 9.59 Å². The van der Waals surface area contributed by atoms with Crippen LogP contribution >= 0.6 is 15.9 Å². The maximum atomic E-state index is 13.3. The quantitative estimate of drug-likeness (QED) is 0.549. The lowest BCUT2D eigenvalue weighted by Gasteiger charge is -2.22. The Labute approximate surface area is 193 Å². The SMILES string of the molecule is CC(C)(C)c1ccc(C(=O)N/C(=C/c2ccc(Br)cc2)C(=O)N2CCCCCC2)cc1. The minimum Gasteiger partial charge on any atom is -0.337 e. The summed E-state index contributed by atoms with van der Waals surface area (Å²) in [5.74, 6) is -0.392. The summed E-state index contributed by atoms with van der Waals surface area (Å²) < 4.78 is 0.966. The molecule has 31 heavy (non-hydrogen) atoms. The first-order valence-corrected chi connectivity index (χ1v) is 11.7. The second kappa shape index (κ2) is 10.3. The Morgan fingerprint density at radius 2 is 1.48 bits per heavy atom. The molecule has 4 nitrogen and oxygen atoms in total. The maximum Gasteiger partial charge on any atom is 0.270 e. The molecule has 5 heteroatoms. The van der Waals surface area contributed by atoms with E-state index in [1.807, 2.05) is 53.4 Å². The van der Waals surface area contributed by atoms with E-state index in [1.165, 1.54) is 0 Å². The van der Waals surface area contributed by atoms with Gasteiger partial charge >= 0.3 is 0 Å². The van der Waals surface area contributed by atoms with E-state index < -0.39 is 0 Å². The zero-order valence-corrected chi connectivity index (χ0v) is 20.2. The topological polar surface area (TPSA) is 49.4 Å². The number of carbonyl (C=O) groups excluding carboxylic acids is 2. The summed E-state index contributed by atoms with van der Waals surface area (Å²) in [6, 6.07) is 15.3. The summed E-state index contributed by atoms with van der Waals surface area (Å²) in [5, 5.41) is 2.89. The van der Waals surface area contributed by atoms with Crippen molar-refractivity contribution in [2.45, 2.75) is 51.9 Å². The number of rotatable bonds is 4. The lowest BCUT2D eigenvalue weighted by molar-refractivity contribution is -0.127. The Bertz CT molecular complexity index is 933. The van der Waals surface area contributed by atoms with Gasteiger partial charge in [-0.05, 0) is 59.7 Å². The fourth-order valence-electron chi connectivity index (χ4n) is 3.64. The number of nitrogens with one attached hydrogen (secondary N) is 1. The molecule has 0 aromatic heterocycles. The van der Waals surface area contributed by atoms with Crippen molar-refractivity contribution in [3.63, 3.8) is 0 Å². The van der Waals surface area contributed by atoms with Crippen LogP contribution in [0.1, 0.15) is 67.9 Å². The molecule has 0 saturated carbocycles. The molecule has 1 saturated heterocycles. The first-order chi connectivity index (χ1) is 14.7. The molecule has 1 aliphatic rings. The molecule has 3 rings (SSSR count). The van der Waals surface area contributed by atoms with Crippen molar-refractivity contribution in [3.8, 4) is 0 Å². The van der Waals surface area contributed by atoms with Crippen LogP contribution < -0.4 is 5.32 Å². The fraction of sp³-hybridized carbons (Fsp3) is 0.385. The lowest BCUT2D eigenvalue weighted by atomic mass is 9.87. The number of amides is 2. The standard InChI is InChI=1S/C26H31BrN2O2/c1-26(2,3)21-12-10-20(11-13-21)24(30)28-23(18-19-8-14-22(27)15-9-19)25(31)29-16-6-4-5-7-17-29/h8-15,18H,4-7,16-17H2,1-3H3,(H,28,30)/b23-18+. The van der Waals surface area contributed by atoms with Gasteiger partial charge in [0.15, 0.2) is 0 Å². The van der Waals surface area contributed by atoms with E-state index in [0.29, 0.717) is 11.3 Å². The third-order valence-corrected chi connectivity index (χ3v) is 6.09. The maximum absolute atomic E-state index is 13.3. The van der Waals surface area contributed by atoms with E-state index in [2.05, 4.69) is 42.0 Å². The molecule has 2 amide bonds. The van der Waals surface area contributed by atoms with Crippen molar-refractivity contribution in [1.82, 2.24) is 10.2 Å². The first kappa shape index (κ1) is 23.3. The van der Waals surface area contributed by atoms with Gasteiger partial charge in [0.1, 0.15) is 5.70 Å². The van der Waals surface area contributed by atoms with Crippen molar-refractivity contribution in [1.29, 1.82) is 0 Å². The summed E-state index contributed by atoms with van der Waals surface area (Å²) in [4.78, 5) is 28.2. The number of benzene rings is 2. The molecule has 164 valence electrons. The second-order valence-electron chi connectivity index (χ2n) is 9.10. The fourth-order valence-corrected chi connectivity index (χ4v) is 3.90. The predicted molar refractivity (Wildman–Crippen MR) is 130 cm³/mol. The molecule has 1 aliphatic heterocycles. The number of likely N-dealkylation sites (tertiary alicyclic amines) is 1. The largest absolute Gasteiger partial charge is 0.337 e. The van der Waals surface area contributed by atoms with E-state index in [0.717, 1.165) is 54.4 Å². The summed E-state index contributed by atoms with van der Waals surface area (Å²) in [7, 11) is 0. The average molecular weight is 483 g/mol. The first-order valence-electron chi connectivity index (χ1n) is 10.9. The molecular weight excluding hydrogens is 452 g/mol. The summed E-state index contributed by atoms with van der Waals surface area (Å²) in [6.07, 6.45) is 6.05. The van der Waals surface area contributed by atoms with E-state index in [1.54, 1.807) is 6.08 Å². The molecule has 0 aliphatic carbocycles. The number of halogens is 1. The Balaban J connectivity index is 1.85. The summed E-state index contributed by atoms with van der Waals surface area (Å²) >= 11 is 3.44. The molecular formula is C26H31BrN2O2. The highest BCUT2D eigenvalue weighted by atomic mass is 79.9. The van der Waals surface area contributed by atoms with Gasteiger partial charge in [0.2, 0.25) is 0 Å². The van der Waals surface area contributed by atoms with Gasteiger partial charge in [0, 0.05) is 23.1 Å². The highest BCUT2D eigenvalue weighted by molar-refractivity contribution is 9.10. The summed E-state index contributed by atoms with van der Waals surface area (Å²) in [5.41, 5.74) is 2.90. The average Bonchev–Trinajstić information content (AvgIpc) is 3.03. The molecule has 0 spiro atoms. The van der Waals surface area contributed by atoms with Gasteiger partial charge < -0.3 is 10.2 Å². The number of hydrogen-bond acceptors (Lipinski definition) is 2. The monoisotopic (exact) mass is 482 g/mol. The van der Waals surface area contributed by atoms with Crippen LogP contribution in [-0.2, 0) is 10.2 Å². The normalized spacial score (nSPS) is 15.4. The number of nitrogens with zero attached hydrogens (tertiary/aromatic N) is 1. The van der Waals surface area contributed by atoms with Crippen LogP contribution in [0.5, 0.6) is 0 Å². The van der Waals surface area contributed by atoms with Gasteiger partial charge in [0.05, 0.1) is 0 Å². The third-order valence-electron chi connectivity index (χ3n) is 5.57. The molecule has 0 unspecified atom stereocenters. The van der Waals surface area contributed by atoms with Crippen molar-refractivity contribution in [2.24, 2.45) is 0 Å². The third kappa shape index (κ3) is 6.54. The Morgan fingerprint density at radius 3 is 2.03 bits per heavy atom. The van der Waals surface area contributed by atoms with Gasteiger partial charge in [-0.1, -0.05) is 73.8 Å². The highest BCUT2D eigenvalue weighted by Gasteiger charge is 2.22. The lowest BCUT2D eigenvalue weighted by Crippen LogP contribution is -2.39. The van der Waals surface area contributed by atoms with Crippen LogP contribution in [0.4, 0.5) is 0 Å². The predicted octanol–water partition coefficient (Wildman–Crippen LogP) is 5.92. The van der Waals surface area contributed by atoms with Gasteiger partial charge in [0.25, 0.3) is 11.8 Å². The van der Waals surface area contributed by atoms with Crippen LogP contribution in [0.25, 0.3) is 6.08 Å². The smallest absolute Gasteiger partial charge is 0.270 e. The van der Waals surface area contributed by atoms with Crippen molar-refractivity contribution in [3.05, 3.63) is 75.4 Å². The van der Waals surface area contributed by atoms with Crippen LogP contribution in [0.3, 0.4) is 0 Å². The molecule has 2 aromatic carbocycles. The minimum atomic E-state index is -0.271. The van der Waals surface area contributed by atoms with Gasteiger partial charge in [-0.15, -0.1) is 0 Å². The van der Waals surface area contributed by atoms with Gasteiger partial charge in [-0.2, -0.15) is 0 Å². The Hall–Kier alpha value is -2.40. The van der Waals surface area contributed by atoms with Gasteiger partial charge in [-0.3, -0.25) is 9.59 Å². The Kier molecular flexibility index (Phi) is 7.71. The molecule has 2 aromatic rings. The highest BCUT2D eigenvalue weighted by Crippen LogP contribution is 2.22. The van der Waals surface area contributed by atoms with Crippen LogP contribution in [0.15, 0.2) is 58.7 Å². The van der Waals surface area contributed by atoms with E-state index in [9.17, 15) is 9.59 Å².